The first-order valence-corrected chi connectivity index (χ1v) is 10.8. The molecule has 0 radical (unpaired) electrons. The molecule has 0 aromatic carbocycles. The van der Waals surface area contributed by atoms with Crippen molar-refractivity contribution in [2.24, 2.45) is 0 Å². The number of hydrogen-bond acceptors (Lipinski definition) is 2. The van der Waals surface area contributed by atoms with Crippen LogP contribution in [0.15, 0.2) is 22.8 Å². The minimum absolute atomic E-state index is 0.375. The van der Waals surface area contributed by atoms with Crippen LogP contribution in [0.3, 0.4) is 0 Å². The van der Waals surface area contributed by atoms with Gasteiger partial charge in [0.25, 0.3) is 0 Å². The van der Waals surface area contributed by atoms with Crippen LogP contribution >= 0.6 is 0 Å². The van der Waals surface area contributed by atoms with Gasteiger partial charge in [-0.15, -0.1) is 0 Å². The van der Waals surface area contributed by atoms with Gasteiger partial charge in [-0.1, -0.05) is 117 Å². The third-order valence-electron chi connectivity index (χ3n) is 4.62. The molecule has 0 aliphatic carbocycles. The zero-order valence-corrected chi connectivity index (χ0v) is 16.9. The van der Waals surface area contributed by atoms with E-state index in [1.54, 1.807) is 12.1 Å². The van der Waals surface area contributed by atoms with E-state index in [1.165, 1.54) is 109 Å². The molecule has 146 valence electrons. The summed E-state index contributed by atoms with van der Waals surface area (Å²) >= 11 is 0. The van der Waals surface area contributed by atoms with Gasteiger partial charge >= 0.3 is 0 Å². The minimum atomic E-state index is 0.375. The lowest BCUT2D eigenvalue weighted by molar-refractivity contribution is 0.110. The highest BCUT2D eigenvalue weighted by atomic mass is 16.3. The van der Waals surface area contributed by atoms with Gasteiger partial charge in [0.1, 0.15) is 0 Å². The summed E-state index contributed by atoms with van der Waals surface area (Å²) in [6, 6.07) is 3.27. The van der Waals surface area contributed by atoms with Crippen LogP contribution in [0.4, 0.5) is 0 Å². The second-order valence-corrected chi connectivity index (χ2v) is 7.08. The van der Waals surface area contributed by atoms with Crippen molar-refractivity contribution in [2.75, 3.05) is 0 Å². The van der Waals surface area contributed by atoms with Gasteiger partial charge in [-0.25, -0.2) is 0 Å². The molecule has 0 aliphatic heterocycles. The van der Waals surface area contributed by atoms with Crippen LogP contribution in [-0.4, -0.2) is 6.29 Å². The molecule has 2 heteroatoms. The highest BCUT2D eigenvalue weighted by Crippen LogP contribution is 2.13. The van der Waals surface area contributed by atoms with E-state index in [4.69, 9.17) is 0 Å². The molecule has 2 nitrogen and oxygen atoms in total. The second-order valence-electron chi connectivity index (χ2n) is 7.08. The zero-order chi connectivity index (χ0) is 18.4. The fourth-order valence-corrected chi connectivity index (χ4v) is 2.98. The topological polar surface area (TPSA) is 30.2 Å². The van der Waals surface area contributed by atoms with E-state index in [0.29, 0.717) is 12.0 Å². The molecule has 0 spiro atoms. The molecule has 0 saturated carbocycles. The molecule has 0 aliphatic rings. The Bertz CT molecular complexity index is 327. The van der Waals surface area contributed by atoms with E-state index in [9.17, 15) is 4.79 Å². The molecule has 0 fully saturated rings. The first kappa shape index (κ1) is 23.9. The van der Waals surface area contributed by atoms with E-state index in [1.807, 2.05) is 0 Å². The van der Waals surface area contributed by atoms with Crippen LogP contribution in [0.2, 0.25) is 0 Å². The summed E-state index contributed by atoms with van der Waals surface area (Å²) in [6.45, 7) is 4.59. The lowest BCUT2D eigenvalue weighted by atomic mass is 10.0. The Hall–Kier alpha value is -1.05. The minimum Gasteiger partial charge on any atom is -0.462 e. The van der Waals surface area contributed by atoms with Gasteiger partial charge in [0, 0.05) is 0 Å². The van der Waals surface area contributed by atoms with Crippen LogP contribution < -0.4 is 0 Å². The fourth-order valence-electron chi connectivity index (χ4n) is 2.98. The van der Waals surface area contributed by atoms with Gasteiger partial charge < -0.3 is 4.42 Å². The van der Waals surface area contributed by atoms with Crippen molar-refractivity contribution in [3.8, 4) is 0 Å². The molecule has 0 amide bonds. The summed E-state index contributed by atoms with van der Waals surface area (Å²) in [6.07, 6.45) is 25.5. The Labute approximate surface area is 156 Å². The number of carbonyl (C=O) groups excluding carboxylic acids is 1. The number of hydrogen-bond donors (Lipinski definition) is 0. The second kappa shape index (κ2) is 21.0. The monoisotopic (exact) mass is 350 g/mol. The van der Waals surface area contributed by atoms with Crippen molar-refractivity contribution in [1.82, 2.24) is 0 Å². The average Bonchev–Trinajstić information content (AvgIpc) is 3.16. The SMILES string of the molecule is CCCCCCCCCCCCCCCCCC.O=Cc1ccco1. The summed E-state index contributed by atoms with van der Waals surface area (Å²) < 4.78 is 4.61. The molecule has 25 heavy (non-hydrogen) atoms. The first-order chi connectivity index (χ1) is 12.3. The Morgan fingerprint density at radius 1 is 0.680 bits per heavy atom. The normalized spacial score (nSPS) is 10.3. The molecule has 0 bridgehead atoms. The van der Waals surface area contributed by atoms with Crippen molar-refractivity contribution < 1.29 is 9.21 Å². The Kier molecular flexibility index (Phi) is 20.1. The highest BCUT2D eigenvalue weighted by Gasteiger charge is 1.93. The summed E-state index contributed by atoms with van der Waals surface area (Å²) in [5.74, 6) is 0.375. The quantitative estimate of drug-likeness (QED) is 0.221. The van der Waals surface area contributed by atoms with E-state index < -0.39 is 0 Å². The van der Waals surface area contributed by atoms with Crippen molar-refractivity contribution in [3.05, 3.63) is 24.2 Å². The smallest absolute Gasteiger partial charge is 0.185 e. The van der Waals surface area contributed by atoms with Crippen LogP contribution in [0, 0.1) is 0 Å². The summed E-state index contributed by atoms with van der Waals surface area (Å²) in [4.78, 5) is 9.77. The zero-order valence-electron chi connectivity index (χ0n) is 16.9. The van der Waals surface area contributed by atoms with E-state index >= 15 is 0 Å². The summed E-state index contributed by atoms with van der Waals surface area (Å²) in [7, 11) is 0. The van der Waals surface area contributed by atoms with Gasteiger partial charge in [0.15, 0.2) is 12.0 Å². The van der Waals surface area contributed by atoms with Crippen molar-refractivity contribution >= 4 is 6.29 Å². The molecule has 0 atom stereocenters. The van der Waals surface area contributed by atoms with E-state index in [0.717, 1.165) is 0 Å². The van der Waals surface area contributed by atoms with Crippen molar-refractivity contribution in [2.45, 2.75) is 117 Å². The maximum Gasteiger partial charge on any atom is 0.185 e. The molecule has 1 aromatic rings. The summed E-state index contributed by atoms with van der Waals surface area (Å²) in [5.41, 5.74) is 0. The van der Waals surface area contributed by atoms with Gasteiger partial charge in [0.05, 0.1) is 6.26 Å². The first-order valence-electron chi connectivity index (χ1n) is 10.8. The van der Waals surface area contributed by atoms with Gasteiger partial charge in [0.2, 0.25) is 0 Å². The summed E-state index contributed by atoms with van der Waals surface area (Å²) in [5, 5.41) is 0. The Morgan fingerprint density at radius 3 is 1.24 bits per heavy atom. The number of rotatable bonds is 16. The maximum atomic E-state index is 9.77. The van der Waals surface area contributed by atoms with Gasteiger partial charge in [-0.3, -0.25) is 4.79 Å². The van der Waals surface area contributed by atoms with Crippen molar-refractivity contribution in [1.29, 1.82) is 0 Å². The third-order valence-corrected chi connectivity index (χ3v) is 4.62. The molecule has 0 saturated heterocycles. The van der Waals surface area contributed by atoms with Crippen LogP contribution in [-0.2, 0) is 0 Å². The lowest BCUT2D eigenvalue weighted by Crippen LogP contribution is -1.83. The molecule has 0 N–H and O–H groups in total. The van der Waals surface area contributed by atoms with Gasteiger partial charge in [-0.05, 0) is 12.1 Å². The number of furan rings is 1. The third kappa shape index (κ3) is 19.1. The lowest BCUT2D eigenvalue weighted by Gasteiger charge is -2.03. The standard InChI is InChI=1S/C18H38.C5H4O2/c1-3-5-7-9-11-13-15-17-18-16-14-12-10-8-6-4-2;6-4-5-2-1-3-7-5/h3-18H2,1-2H3;1-4H. The number of aldehydes is 1. The predicted molar refractivity (Wildman–Crippen MR) is 109 cm³/mol. The Balaban J connectivity index is 0.000000676. The highest BCUT2D eigenvalue weighted by molar-refractivity contribution is 5.69. The number of carbonyl (C=O) groups is 1. The van der Waals surface area contributed by atoms with Crippen LogP contribution in [0.5, 0.6) is 0 Å². The largest absolute Gasteiger partial charge is 0.462 e. The van der Waals surface area contributed by atoms with E-state index in [-0.39, 0.29) is 0 Å². The predicted octanol–water partition coefficient (Wildman–Crippen LogP) is 8.36. The van der Waals surface area contributed by atoms with Crippen LogP contribution in [0.25, 0.3) is 0 Å². The molecule has 1 heterocycles. The van der Waals surface area contributed by atoms with E-state index in [2.05, 4.69) is 18.3 Å². The van der Waals surface area contributed by atoms with Gasteiger partial charge in [-0.2, -0.15) is 0 Å². The molecular formula is C23H42O2. The van der Waals surface area contributed by atoms with Crippen molar-refractivity contribution in [3.63, 3.8) is 0 Å². The van der Waals surface area contributed by atoms with Crippen LogP contribution in [0.1, 0.15) is 127 Å². The fraction of sp³-hybridized carbons (Fsp3) is 0.783. The average molecular weight is 351 g/mol. The number of unbranched alkanes of at least 4 members (excludes halogenated alkanes) is 15. The molecule has 1 rings (SSSR count). The Morgan fingerprint density at radius 2 is 1.04 bits per heavy atom. The maximum absolute atomic E-state index is 9.77. The molecule has 0 unspecified atom stereocenters. The molecular weight excluding hydrogens is 308 g/mol. The molecule has 1 aromatic heterocycles.